The molecule has 2 aromatic carbocycles. The predicted octanol–water partition coefficient (Wildman–Crippen LogP) is 4.83. The molecule has 44 heavy (non-hydrogen) atoms. The second-order valence-electron chi connectivity index (χ2n) is 11.2. The molecule has 0 unspecified atom stereocenters. The number of anilines is 3. The third kappa shape index (κ3) is 5.06. The van der Waals surface area contributed by atoms with Gasteiger partial charge in [0.05, 0.1) is 5.39 Å². The molecule has 226 valence electrons. The van der Waals surface area contributed by atoms with Gasteiger partial charge in [-0.3, -0.25) is 4.79 Å². The smallest absolute Gasteiger partial charge is 0.246 e. The SMILES string of the molecule is C=CC(=O)N1C[C@H](C)N(c2nc(NCCc3ncccn3)nc3c(F)c(-c4c(C)ccc5onc(N)c45)c(C)cc23)C[C@H]1C. The fraction of sp³-hybridized carbons (Fsp3) is 0.312. The number of halogens is 1. The van der Waals surface area contributed by atoms with Gasteiger partial charge in [-0.2, -0.15) is 4.98 Å². The molecule has 3 aromatic heterocycles. The quantitative estimate of drug-likeness (QED) is 0.252. The van der Waals surface area contributed by atoms with Crippen molar-refractivity contribution in [3.05, 3.63) is 72.1 Å². The largest absolute Gasteiger partial charge is 0.380 e. The molecule has 1 aliphatic rings. The number of nitrogens with zero attached hydrogens (tertiary/aromatic N) is 7. The van der Waals surface area contributed by atoms with Gasteiger partial charge >= 0.3 is 0 Å². The first-order valence-electron chi connectivity index (χ1n) is 14.5. The number of hydrogen-bond donors (Lipinski definition) is 2. The van der Waals surface area contributed by atoms with E-state index >= 15 is 4.39 Å². The number of rotatable bonds is 7. The van der Waals surface area contributed by atoms with Crippen LogP contribution < -0.4 is 16.0 Å². The molecule has 0 spiro atoms. The Kier molecular flexibility index (Phi) is 7.58. The van der Waals surface area contributed by atoms with Gasteiger partial charge in [0.2, 0.25) is 11.9 Å². The highest BCUT2D eigenvalue weighted by molar-refractivity contribution is 6.05. The van der Waals surface area contributed by atoms with E-state index in [4.69, 9.17) is 20.2 Å². The van der Waals surface area contributed by atoms with Gasteiger partial charge in [-0.05, 0) is 63.1 Å². The number of nitrogens with two attached hydrogens (primary N) is 1. The Morgan fingerprint density at radius 3 is 2.66 bits per heavy atom. The van der Waals surface area contributed by atoms with Crippen molar-refractivity contribution in [1.29, 1.82) is 0 Å². The van der Waals surface area contributed by atoms with Gasteiger partial charge in [-0.25, -0.2) is 19.3 Å². The number of aryl methyl sites for hydroxylation is 2. The molecule has 0 aliphatic carbocycles. The first-order chi connectivity index (χ1) is 21.2. The normalized spacial score (nSPS) is 16.9. The molecule has 4 heterocycles. The van der Waals surface area contributed by atoms with E-state index in [0.717, 1.165) is 5.56 Å². The summed E-state index contributed by atoms with van der Waals surface area (Å²) in [6, 6.07) is 7.11. The molecule has 12 heteroatoms. The van der Waals surface area contributed by atoms with Gasteiger partial charge in [0, 0.05) is 67.0 Å². The van der Waals surface area contributed by atoms with Gasteiger partial charge in [0.1, 0.15) is 17.2 Å². The van der Waals surface area contributed by atoms with Crippen LogP contribution in [0, 0.1) is 19.7 Å². The number of piperazine rings is 1. The summed E-state index contributed by atoms with van der Waals surface area (Å²) in [6.45, 7) is 12.8. The lowest BCUT2D eigenvalue weighted by Crippen LogP contribution is -2.58. The molecular formula is C32H34FN9O2. The number of amides is 1. The van der Waals surface area contributed by atoms with Crippen molar-refractivity contribution in [2.45, 2.75) is 46.2 Å². The molecule has 11 nitrogen and oxygen atoms in total. The highest BCUT2D eigenvalue weighted by Gasteiger charge is 2.34. The highest BCUT2D eigenvalue weighted by Crippen LogP contribution is 2.42. The highest BCUT2D eigenvalue weighted by atomic mass is 19.1. The molecule has 3 N–H and O–H groups in total. The minimum atomic E-state index is -0.490. The first kappa shape index (κ1) is 29.0. The maximum atomic E-state index is 17.0. The molecule has 1 amide bonds. The van der Waals surface area contributed by atoms with Crippen molar-refractivity contribution in [3.8, 4) is 11.1 Å². The minimum Gasteiger partial charge on any atom is -0.380 e. The average molecular weight is 596 g/mol. The Morgan fingerprint density at radius 2 is 1.91 bits per heavy atom. The predicted molar refractivity (Wildman–Crippen MR) is 169 cm³/mol. The van der Waals surface area contributed by atoms with Gasteiger partial charge in [0.15, 0.2) is 17.2 Å². The Labute approximate surface area is 254 Å². The van der Waals surface area contributed by atoms with Gasteiger partial charge in [-0.1, -0.05) is 17.8 Å². The summed E-state index contributed by atoms with van der Waals surface area (Å²) in [5.41, 5.74) is 9.37. The van der Waals surface area contributed by atoms with E-state index in [-0.39, 0.29) is 35.3 Å². The Bertz CT molecular complexity index is 1890. The molecule has 6 rings (SSSR count). The lowest BCUT2D eigenvalue weighted by atomic mass is 9.91. The summed E-state index contributed by atoms with van der Waals surface area (Å²) >= 11 is 0. The lowest BCUT2D eigenvalue weighted by molar-refractivity contribution is -0.128. The van der Waals surface area contributed by atoms with Crippen LogP contribution in [0.4, 0.5) is 22.0 Å². The number of aromatic nitrogens is 5. The van der Waals surface area contributed by atoms with Crippen LogP contribution in [0.2, 0.25) is 0 Å². The van der Waals surface area contributed by atoms with E-state index in [1.807, 2.05) is 39.8 Å². The van der Waals surface area contributed by atoms with E-state index in [9.17, 15) is 4.79 Å². The molecule has 2 atom stereocenters. The van der Waals surface area contributed by atoms with Crippen molar-refractivity contribution in [2.24, 2.45) is 0 Å². The molecule has 1 aliphatic heterocycles. The maximum Gasteiger partial charge on any atom is 0.246 e. The third-order valence-corrected chi connectivity index (χ3v) is 8.20. The van der Waals surface area contributed by atoms with Crippen LogP contribution in [-0.4, -0.2) is 67.6 Å². The number of hydrogen-bond acceptors (Lipinski definition) is 10. The van der Waals surface area contributed by atoms with Gasteiger partial charge in [0.25, 0.3) is 0 Å². The number of nitrogen functional groups attached to an aromatic ring is 1. The van der Waals surface area contributed by atoms with Crippen LogP contribution in [0.3, 0.4) is 0 Å². The van der Waals surface area contributed by atoms with E-state index in [1.165, 1.54) is 6.08 Å². The second kappa shape index (κ2) is 11.5. The fourth-order valence-electron chi connectivity index (χ4n) is 6.02. The van der Waals surface area contributed by atoms with Crippen molar-refractivity contribution >= 4 is 45.4 Å². The summed E-state index contributed by atoms with van der Waals surface area (Å²) in [5.74, 6) is 1.13. The standard InChI is InChI=1S/C32H34FN9O2/c1-6-24(43)41-15-20(5)42(16-19(41)4)31-21-14-18(3)26(25-17(2)8-9-22-27(25)30(34)40-44-22)28(33)29(21)38-32(39-31)37-13-10-23-35-11-7-12-36-23/h6-9,11-12,14,19-20H,1,10,13,15-16H2,2-5H3,(H2,34,40)(H,37,38,39)/t19-,20+/m1/s1. The summed E-state index contributed by atoms with van der Waals surface area (Å²) in [4.78, 5) is 34.6. The van der Waals surface area contributed by atoms with Crippen LogP contribution in [0.1, 0.15) is 30.8 Å². The number of nitrogens with one attached hydrogen (secondary N) is 1. The Balaban J connectivity index is 1.50. The van der Waals surface area contributed by atoms with Gasteiger partial charge < -0.3 is 25.4 Å². The summed E-state index contributed by atoms with van der Waals surface area (Å²) in [7, 11) is 0. The van der Waals surface area contributed by atoms with Crippen LogP contribution in [-0.2, 0) is 11.2 Å². The minimum absolute atomic E-state index is 0.102. The van der Waals surface area contributed by atoms with Gasteiger partial charge in [-0.15, -0.1) is 0 Å². The molecule has 0 bridgehead atoms. The molecule has 5 aromatic rings. The molecule has 1 fully saturated rings. The van der Waals surface area contributed by atoms with Crippen LogP contribution in [0.15, 0.2) is 53.8 Å². The number of carbonyl (C=O) groups excluding carboxylic acids is 1. The van der Waals surface area contributed by atoms with E-state index in [1.54, 1.807) is 29.4 Å². The van der Waals surface area contributed by atoms with Crippen LogP contribution in [0.5, 0.6) is 0 Å². The van der Waals surface area contributed by atoms with E-state index < -0.39 is 5.82 Å². The van der Waals surface area contributed by atoms with Crippen molar-refractivity contribution < 1.29 is 13.7 Å². The number of carbonyl (C=O) groups is 1. The lowest BCUT2D eigenvalue weighted by Gasteiger charge is -2.44. The maximum absolute atomic E-state index is 17.0. The zero-order valence-electron chi connectivity index (χ0n) is 25.1. The number of fused-ring (bicyclic) bond motifs is 2. The van der Waals surface area contributed by atoms with Crippen molar-refractivity contribution in [2.75, 3.05) is 35.6 Å². The van der Waals surface area contributed by atoms with E-state index in [0.29, 0.717) is 70.7 Å². The Hall–Kier alpha value is -5.13. The Morgan fingerprint density at radius 1 is 1.14 bits per heavy atom. The first-order valence-corrected chi connectivity index (χ1v) is 14.5. The summed E-state index contributed by atoms with van der Waals surface area (Å²) in [6.07, 6.45) is 5.25. The average Bonchev–Trinajstić information content (AvgIpc) is 3.39. The topological polar surface area (TPSA) is 139 Å². The molecule has 0 saturated carbocycles. The molecule has 1 saturated heterocycles. The van der Waals surface area contributed by atoms with E-state index in [2.05, 4.69) is 31.9 Å². The number of benzene rings is 2. The third-order valence-electron chi connectivity index (χ3n) is 8.20. The summed E-state index contributed by atoms with van der Waals surface area (Å²) < 4.78 is 22.4. The monoisotopic (exact) mass is 595 g/mol. The molecular weight excluding hydrogens is 561 g/mol. The fourth-order valence-corrected chi connectivity index (χ4v) is 6.02. The van der Waals surface area contributed by atoms with Crippen molar-refractivity contribution in [1.82, 2.24) is 30.0 Å². The summed E-state index contributed by atoms with van der Waals surface area (Å²) in [5, 5.41) is 8.32. The van der Waals surface area contributed by atoms with Crippen molar-refractivity contribution in [3.63, 3.8) is 0 Å². The second-order valence-corrected chi connectivity index (χ2v) is 11.2. The van der Waals surface area contributed by atoms with Crippen LogP contribution >= 0.6 is 0 Å². The zero-order valence-corrected chi connectivity index (χ0v) is 25.1. The molecule has 0 radical (unpaired) electrons. The van der Waals surface area contributed by atoms with Crippen LogP contribution in [0.25, 0.3) is 33.0 Å². The zero-order chi connectivity index (χ0) is 31.1.